The molecule has 1 unspecified atom stereocenters. The second-order valence-electron chi connectivity index (χ2n) is 5.53. The fourth-order valence-corrected chi connectivity index (χ4v) is 2.66. The molecule has 1 saturated carbocycles. The number of rotatable bonds is 6. The Morgan fingerprint density at radius 1 is 1.29 bits per heavy atom. The van der Waals surface area contributed by atoms with Crippen LogP contribution in [-0.4, -0.2) is 24.7 Å². The summed E-state index contributed by atoms with van der Waals surface area (Å²) in [6.45, 7) is 0.761. The highest BCUT2D eigenvalue weighted by molar-refractivity contribution is 5.94. The molecule has 2 N–H and O–H groups in total. The van der Waals surface area contributed by atoms with Crippen molar-refractivity contribution >= 4 is 16.7 Å². The van der Waals surface area contributed by atoms with E-state index < -0.39 is 12.0 Å². The number of benzene rings is 2. The van der Waals surface area contributed by atoms with E-state index in [4.69, 9.17) is 4.74 Å². The van der Waals surface area contributed by atoms with Crippen LogP contribution in [0.15, 0.2) is 36.4 Å². The van der Waals surface area contributed by atoms with Gasteiger partial charge in [0.05, 0.1) is 7.11 Å². The summed E-state index contributed by atoms with van der Waals surface area (Å²) in [6.07, 6.45) is 2.39. The SMILES string of the molecule is COc1ccc(C(NCC2CC2)C(=O)O)c2ccccc12. The number of hydrogen-bond acceptors (Lipinski definition) is 3. The largest absolute Gasteiger partial charge is 0.496 e. The molecule has 3 rings (SSSR count). The molecule has 2 aromatic rings. The van der Waals surface area contributed by atoms with Gasteiger partial charge in [-0.2, -0.15) is 0 Å². The van der Waals surface area contributed by atoms with Crippen molar-refractivity contribution in [2.24, 2.45) is 5.92 Å². The minimum Gasteiger partial charge on any atom is -0.496 e. The quantitative estimate of drug-likeness (QED) is 0.856. The number of ether oxygens (including phenoxy) is 1. The van der Waals surface area contributed by atoms with Crippen molar-refractivity contribution in [3.05, 3.63) is 42.0 Å². The van der Waals surface area contributed by atoms with Crippen molar-refractivity contribution in [1.29, 1.82) is 0 Å². The van der Waals surface area contributed by atoms with Gasteiger partial charge >= 0.3 is 5.97 Å². The topological polar surface area (TPSA) is 58.6 Å². The molecule has 0 amide bonds. The summed E-state index contributed by atoms with van der Waals surface area (Å²) in [5.74, 6) is 0.558. The normalized spacial score (nSPS) is 15.9. The zero-order chi connectivity index (χ0) is 14.8. The molecule has 2 aromatic carbocycles. The highest BCUT2D eigenvalue weighted by atomic mass is 16.5. The van der Waals surface area contributed by atoms with Crippen molar-refractivity contribution in [3.8, 4) is 5.75 Å². The zero-order valence-electron chi connectivity index (χ0n) is 12.0. The number of carbonyl (C=O) groups is 1. The Hall–Kier alpha value is -2.07. The van der Waals surface area contributed by atoms with E-state index in [1.165, 1.54) is 12.8 Å². The Morgan fingerprint density at radius 2 is 2.00 bits per heavy atom. The lowest BCUT2D eigenvalue weighted by molar-refractivity contribution is -0.139. The number of carboxylic acids is 1. The van der Waals surface area contributed by atoms with E-state index in [1.807, 2.05) is 36.4 Å². The van der Waals surface area contributed by atoms with Crippen LogP contribution in [0.1, 0.15) is 24.4 Å². The highest BCUT2D eigenvalue weighted by Gasteiger charge is 2.27. The van der Waals surface area contributed by atoms with Crippen molar-refractivity contribution in [2.45, 2.75) is 18.9 Å². The van der Waals surface area contributed by atoms with Gasteiger partial charge in [0.25, 0.3) is 0 Å². The van der Waals surface area contributed by atoms with Crippen LogP contribution in [0.2, 0.25) is 0 Å². The maximum atomic E-state index is 11.6. The average molecular weight is 285 g/mol. The maximum absolute atomic E-state index is 11.6. The molecular weight excluding hydrogens is 266 g/mol. The second kappa shape index (κ2) is 5.74. The number of carboxylic acid groups (broad SMARTS) is 1. The summed E-state index contributed by atoms with van der Waals surface area (Å²) in [5, 5.41) is 14.6. The van der Waals surface area contributed by atoms with E-state index in [9.17, 15) is 9.90 Å². The molecular formula is C17H19NO3. The third-order valence-corrected chi connectivity index (χ3v) is 4.00. The first-order valence-corrected chi connectivity index (χ1v) is 7.22. The highest BCUT2D eigenvalue weighted by Crippen LogP contribution is 2.33. The van der Waals surface area contributed by atoms with Gasteiger partial charge in [-0.1, -0.05) is 30.3 Å². The Labute approximate surface area is 123 Å². The minimum absolute atomic E-state index is 0.636. The molecule has 1 fully saturated rings. The van der Waals surface area contributed by atoms with E-state index in [0.717, 1.165) is 28.6 Å². The number of fused-ring (bicyclic) bond motifs is 1. The fourth-order valence-electron chi connectivity index (χ4n) is 2.66. The van der Waals surface area contributed by atoms with Crippen LogP contribution in [0.4, 0.5) is 0 Å². The molecule has 0 saturated heterocycles. The van der Waals surface area contributed by atoms with Crippen LogP contribution in [0.25, 0.3) is 10.8 Å². The lowest BCUT2D eigenvalue weighted by atomic mass is 9.98. The molecule has 110 valence electrons. The summed E-state index contributed by atoms with van der Waals surface area (Å²) in [6, 6.07) is 10.8. The van der Waals surface area contributed by atoms with Crippen LogP contribution in [0.5, 0.6) is 5.75 Å². The van der Waals surface area contributed by atoms with E-state index in [-0.39, 0.29) is 0 Å². The molecule has 0 spiro atoms. The first-order valence-electron chi connectivity index (χ1n) is 7.22. The van der Waals surface area contributed by atoms with E-state index in [1.54, 1.807) is 7.11 Å². The Balaban J connectivity index is 2.02. The second-order valence-corrected chi connectivity index (χ2v) is 5.53. The maximum Gasteiger partial charge on any atom is 0.325 e. The van der Waals surface area contributed by atoms with Crippen molar-refractivity contribution in [2.75, 3.05) is 13.7 Å². The lowest BCUT2D eigenvalue weighted by Gasteiger charge is -2.18. The monoisotopic (exact) mass is 285 g/mol. The smallest absolute Gasteiger partial charge is 0.325 e. The predicted molar refractivity (Wildman–Crippen MR) is 81.6 cm³/mol. The van der Waals surface area contributed by atoms with Gasteiger partial charge in [-0.05, 0) is 42.3 Å². The Kier molecular flexibility index (Phi) is 3.80. The third-order valence-electron chi connectivity index (χ3n) is 4.00. The van der Waals surface area contributed by atoms with Gasteiger partial charge in [0.15, 0.2) is 0 Å². The van der Waals surface area contributed by atoms with Gasteiger partial charge in [-0.15, -0.1) is 0 Å². The first kappa shape index (κ1) is 13.9. The number of hydrogen-bond donors (Lipinski definition) is 2. The van der Waals surface area contributed by atoms with E-state index in [0.29, 0.717) is 5.92 Å². The number of methoxy groups -OCH3 is 1. The lowest BCUT2D eigenvalue weighted by Crippen LogP contribution is -2.30. The molecule has 0 bridgehead atoms. The van der Waals surface area contributed by atoms with Gasteiger partial charge in [0.2, 0.25) is 0 Å². The summed E-state index contributed by atoms with van der Waals surface area (Å²) >= 11 is 0. The molecule has 1 aliphatic carbocycles. The van der Waals surface area contributed by atoms with Crippen LogP contribution in [0.3, 0.4) is 0 Å². The molecule has 1 atom stereocenters. The summed E-state index contributed by atoms with van der Waals surface area (Å²) in [5.41, 5.74) is 0.791. The van der Waals surface area contributed by atoms with E-state index in [2.05, 4.69) is 5.32 Å². The Bertz CT molecular complexity index is 664. The molecule has 1 aliphatic rings. The van der Waals surface area contributed by atoms with Crippen molar-refractivity contribution in [1.82, 2.24) is 5.32 Å². The number of aliphatic carboxylic acids is 1. The molecule has 4 heteroatoms. The summed E-state index contributed by atoms with van der Waals surface area (Å²) < 4.78 is 5.36. The third kappa shape index (κ3) is 2.85. The summed E-state index contributed by atoms with van der Waals surface area (Å²) in [7, 11) is 1.63. The first-order chi connectivity index (χ1) is 10.2. The molecule has 0 radical (unpaired) electrons. The fraction of sp³-hybridized carbons (Fsp3) is 0.353. The summed E-state index contributed by atoms with van der Waals surface area (Å²) in [4.78, 5) is 11.6. The van der Waals surface area contributed by atoms with Gasteiger partial charge < -0.3 is 15.2 Å². The Morgan fingerprint density at radius 3 is 2.62 bits per heavy atom. The minimum atomic E-state index is -0.842. The van der Waals surface area contributed by atoms with Gasteiger partial charge in [-0.3, -0.25) is 4.79 Å². The van der Waals surface area contributed by atoms with Crippen LogP contribution >= 0.6 is 0 Å². The average Bonchev–Trinajstić information content (AvgIpc) is 3.31. The molecule has 4 nitrogen and oxygen atoms in total. The van der Waals surface area contributed by atoms with Gasteiger partial charge in [0.1, 0.15) is 11.8 Å². The van der Waals surface area contributed by atoms with Crippen molar-refractivity contribution < 1.29 is 14.6 Å². The van der Waals surface area contributed by atoms with Crippen LogP contribution in [0, 0.1) is 5.92 Å². The molecule has 0 aliphatic heterocycles. The molecule has 0 aromatic heterocycles. The van der Waals surface area contributed by atoms with Crippen LogP contribution in [-0.2, 0) is 4.79 Å². The van der Waals surface area contributed by atoms with Crippen molar-refractivity contribution in [3.63, 3.8) is 0 Å². The molecule has 0 heterocycles. The standard InChI is InChI=1S/C17H19NO3/c1-21-15-9-8-14(12-4-2-3-5-13(12)15)16(17(19)20)18-10-11-6-7-11/h2-5,8-9,11,16,18H,6-7,10H2,1H3,(H,19,20). The predicted octanol–water partition coefficient (Wildman–Crippen LogP) is 2.97. The number of nitrogens with one attached hydrogen (secondary N) is 1. The molecule has 21 heavy (non-hydrogen) atoms. The van der Waals surface area contributed by atoms with E-state index >= 15 is 0 Å². The van der Waals surface area contributed by atoms with Crippen LogP contribution < -0.4 is 10.1 Å². The van der Waals surface area contributed by atoms with Gasteiger partial charge in [0, 0.05) is 5.39 Å². The zero-order valence-corrected chi connectivity index (χ0v) is 12.0. The van der Waals surface area contributed by atoms with Gasteiger partial charge in [-0.25, -0.2) is 0 Å².